The molecule has 12 nitrogen and oxygen atoms in total. The lowest BCUT2D eigenvalue weighted by Crippen LogP contribution is -2.65. The Kier molecular flexibility index (Phi) is 15.1. The molecule has 1 aromatic rings. The normalized spacial score (nSPS) is 40.6. The first-order chi connectivity index (χ1) is 29.6. The minimum Gasteiger partial charge on any atom is -0.481 e. The van der Waals surface area contributed by atoms with Crippen molar-refractivity contribution in [3.8, 4) is 0 Å². The molecule has 5 aliphatic heterocycles. The number of nitrogens with one attached hydrogen (secondary N) is 1. The number of carboxylic acid groups (broad SMARTS) is 1. The molecule has 4 fully saturated rings. The van der Waals surface area contributed by atoms with Gasteiger partial charge in [-0.2, -0.15) is 0 Å². The van der Waals surface area contributed by atoms with E-state index in [0.29, 0.717) is 57.4 Å². The predicted molar refractivity (Wildman–Crippen MR) is 230 cm³/mol. The van der Waals surface area contributed by atoms with Gasteiger partial charge < -0.3 is 44.3 Å². The molecule has 18 atom stereocenters. The van der Waals surface area contributed by atoms with Crippen molar-refractivity contribution < 1.29 is 62.2 Å². The molecule has 14 heteroatoms. The van der Waals surface area contributed by atoms with Gasteiger partial charge in [-0.05, 0) is 102 Å². The zero-order valence-corrected chi connectivity index (χ0v) is 38.9. The highest BCUT2D eigenvalue weighted by Gasteiger charge is 2.63. The Hall–Kier alpha value is -2.85. The molecule has 5 heterocycles. The molecule has 6 rings (SSSR count). The Morgan fingerprint density at radius 1 is 0.905 bits per heavy atom. The molecule has 1 aromatic carbocycles. The number of benzene rings is 1. The van der Waals surface area contributed by atoms with E-state index in [0.717, 1.165) is 18.6 Å². The van der Waals surface area contributed by atoms with Gasteiger partial charge in [0.2, 0.25) is 0 Å². The van der Waals surface area contributed by atoms with Crippen molar-refractivity contribution in [1.82, 2.24) is 5.32 Å². The molecule has 0 unspecified atom stereocenters. The van der Waals surface area contributed by atoms with Crippen molar-refractivity contribution in [2.24, 2.45) is 41.4 Å². The number of amides is 1. The standard InChI is InChI=1S/C49H73F2NO11/c1-11-33(45(56)57)37-17-14-26(4)42(60-37)30(8)40(53)29(7)41(54)34(12-2)43-27(5)24-28(6)48(61-43)21-18-38(52-44(55)35-16-15-32(50)25-36(35)51)49(63-48)23-22-46(10,62-49)39-19-20-47(58,13-3)31(9)59-39/h15-16,18,21,25-31,33-34,37-40,42-43,53,58H,11-14,17,19-20,22-24H2,1-10H3,(H,52,55)(H,56,57)/t26-,27-,28+,29-,30-,31-,33+,34-,37+,38-,39+,40+,42+,43-,46-,47+,48-,49-/m0/s1. The number of hydrogen-bond donors (Lipinski definition) is 4. The second-order valence-corrected chi connectivity index (χ2v) is 20.0. The quantitative estimate of drug-likeness (QED) is 0.134. The fourth-order valence-electron chi connectivity index (χ4n) is 11.6. The van der Waals surface area contributed by atoms with Gasteiger partial charge in [0.15, 0.2) is 11.6 Å². The van der Waals surface area contributed by atoms with E-state index in [2.05, 4.69) is 5.32 Å². The molecule has 63 heavy (non-hydrogen) atoms. The molecule has 2 spiro atoms. The molecule has 0 aromatic heterocycles. The van der Waals surface area contributed by atoms with E-state index in [9.17, 15) is 38.5 Å². The molecule has 4 N–H and O–H groups in total. The maximum absolute atomic E-state index is 14.9. The number of carbonyl (C=O) groups is 3. The van der Waals surface area contributed by atoms with Gasteiger partial charge in [0.1, 0.15) is 23.5 Å². The first kappa shape index (κ1) is 49.6. The molecular formula is C49H73F2NO11. The molecule has 1 amide bonds. The summed E-state index contributed by atoms with van der Waals surface area (Å²) in [5.41, 5.74) is -2.25. The predicted octanol–water partition coefficient (Wildman–Crippen LogP) is 7.90. The number of hydrogen-bond acceptors (Lipinski definition) is 10. The molecule has 0 aliphatic carbocycles. The van der Waals surface area contributed by atoms with E-state index in [1.165, 1.54) is 0 Å². The first-order valence-electron chi connectivity index (χ1n) is 23.6. The van der Waals surface area contributed by atoms with E-state index in [-0.39, 0.29) is 35.5 Å². The summed E-state index contributed by atoms with van der Waals surface area (Å²) >= 11 is 0. The van der Waals surface area contributed by atoms with Crippen molar-refractivity contribution in [2.45, 2.75) is 199 Å². The topological polar surface area (TPSA) is 170 Å². The first-order valence-corrected chi connectivity index (χ1v) is 23.6. The number of aliphatic hydroxyl groups is 2. The summed E-state index contributed by atoms with van der Waals surface area (Å²) in [6, 6.07) is 1.82. The number of ketones is 1. The number of aliphatic hydroxyl groups excluding tert-OH is 1. The zero-order chi connectivity index (χ0) is 46.4. The molecule has 5 aliphatic rings. The van der Waals surface area contributed by atoms with E-state index in [4.69, 9.17) is 23.7 Å². The Balaban J connectivity index is 1.27. The van der Waals surface area contributed by atoms with Crippen LogP contribution in [0.5, 0.6) is 0 Å². The van der Waals surface area contributed by atoms with E-state index >= 15 is 0 Å². The number of carbonyl (C=O) groups excluding carboxylic acids is 2. The van der Waals surface area contributed by atoms with Gasteiger partial charge in [-0.3, -0.25) is 14.4 Å². The number of Topliss-reactive ketones (excluding diaryl/α,β-unsaturated/α-hetero) is 1. The summed E-state index contributed by atoms with van der Waals surface area (Å²) in [7, 11) is 0. The van der Waals surface area contributed by atoms with Crippen molar-refractivity contribution in [1.29, 1.82) is 0 Å². The summed E-state index contributed by atoms with van der Waals surface area (Å²) in [5, 5.41) is 35.8. The smallest absolute Gasteiger partial charge is 0.309 e. The molecular weight excluding hydrogens is 817 g/mol. The number of carboxylic acids is 1. The number of aliphatic carboxylic acids is 1. The van der Waals surface area contributed by atoms with Crippen LogP contribution in [0.2, 0.25) is 0 Å². The third-order valence-corrected chi connectivity index (χ3v) is 15.9. The van der Waals surface area contributed by atoms with Gasteiger partial charge in [-0.15, -0.1) is 0 Å². The molecule has 0 saturated carbocycles. The second kappa shape index (κ2) is 19.2. The van der Waals surface area contributed by atoms with Crippen LogP contribution in [0.4, 0.5) is 8.78 Å². The average Bonchev–Trinajstić information content (AvgIpc) is 3.58. The molecule has 4 saturated heterocycles. The summed E-state index contributed by atoms with van der Waals surface area (Å²) in [5.74, 6) is -9.46. The van der Waals surface area contributed by atoms with Crippen LogP contribution in [0.15, 0.2) is 30.4 Å². The van der Waals surface area contributed by atoms with Crippen LogP contribution in [0.3, 0.4) is 0 Å². The third-order valence-electron chi connectivity index (χ3n) is 15.9. The number of halogens is 2. The van der Waals surface area contributed by atoms with Crippen molar-refractivity contribution >= 4 is 17.7 Å². The fourth-order valence-corrected chi connectivity index (χ4v) is 11.6. The maximum atomic E-state index is 14.9. The van der Waals surface area contributed by atoms with Gasteiger partial charge >= 0.3 is 5.97 Å². The molecule has 0 radical (unpaired) electrons. The fraction of sp³-hybridized carbons (Fsp3) is 0.776. The number of rotatable bonds is 14. The van der Waals surface area contributed by atoms with E-state index in [1.807, 2.05) is 62.3 Å². The maximum Gasteiger partial charge on any atom is 0.309 e. The van der Waals surface area contributed by atoms with Gasteiger partial charge in [0.25, 0.3) is 5.91 Å². The lowest BCUT2D eigenvalue weighted by atomic mass is 9.72. The summed E-state index contributed by atoms with van der Waals surface area (Å²) in [6.45, 7) is 19.2. The SMILES string of the molecule is CC[C@@H](C(=O)[C@@H](C)[C@@H](O)[C@H](C)[C@@H]1O[C@@H]([C@@H](CC)C(=O)O)CC[C@@H]1C)[C@H]1O[C@]2(C=C[C@H](NC(=O)c3ccc(F)cc3F)[C@]3(CC[C@@](C)([C@H]4CC[C@](O)(CC)[C@H](C)O4)O3)O2)[C@H](C)C[C@@H]1C. The monoisotopic (exact) mass is 890 g/mol. The minimum atomic E-state index is -1.54. The Labute approximate surface area is 372 Å². The lowest BCUT2D eigenvalue weighted by molar-refractivity contribution is -0.397. The van der Waals surface area contributed by atoms with Gasteiger partial charge in [-0.25, -0.2) is 8.78 Å². The van der Waals surface area contributed by atoms with Crippen molar-refractivity contribution in [2.75, 3.05) is 0 Å². The van der Waals surface area contributed by atoms with Gasteiger partial charge in [-0.1, -0.05) is 61.5 Å². The van der Waals surface area contributed by atoms with Crippen molar-refractivity contribution in [3.63, 3.8) is 0 Å². The lowest BCUT2D eigenvalue weighted by Gasteiger charge is -2.55. The highest BCUT2D eigenvalue weighted by Crippen LogP contribution is 2.54. The molecule has 0 bridgehead atoms. The third kappa shape index (κ3) is 9.56. The largest absolute Gasteiger partial charge is 0.481 e. The van der Waals surface area contributed by atoms with Crippen LogP contribution in [0, 0.1) is 53.1 Å². The zero-order valence-electron chi connectivity index (χ0n) is 38.9. The Morgan fingerprint density at radius 2 is 1.60 bits per heavy atom. The summed E-state index contributed by atoms with van der Waals surface area (Å²) in [6.07, 6.45) is 5.11. The van der Waals surface area contributed by atoms with E-state index < -0.39 is 113 Å². The van der Waals surface area contributed by atoms with Crippen molar-refractivity contribution in [3.05, 3.63) is 47.5 Å². The Bertz CT molecular complexity index is 1850. The van der Waals surface area contributed by atoms with E-state index in [1.54, 1.807) is 19.1 Å². The number of ether oxygens (including phenoxy) is 5. The van der Waals surface area contributed by atoms with Crippen LogP contribution in [-0.2, 0) is 33.3 Å². The highest BCUT2D eigenvalue weighted by atomic mass is 19.1. The Morgan fingerprint density at radius 3 is 2.22 bits per heavy atom. The average molecular weight is 890 g/mol. The summed E-state index contributed by atoms with van der Waals surface area (Å²) in [4.78, 5) is 40.4. The second-order valence-electron chi connectivity index (χ2n) is 20.0. The molecule has 354 valence electrons. The van der Waals surface area contributed by atoms with Crippen LogP contribution in [0.1, 0.15) is 144 Å². The summed E-state index contributed by atoms with van der Waals surface area (Å²) < 4.78 is 63.1. The van der Waals surface area contributed by atoms with Gasteiger partial charge in [0, 0.05) is 36.2 Å². The van der Waals surface area contributed by atoms with Crippen LogP contribution in [-0.4, -0.2) is 98.4 Å². The van der Waals surface area contributed by atoms with Crippen LogP contribution < -0.4 is 5.32 Å². The van der Waals surface area contributed by atoms with Crippen LogP contribution >= 0.6 is 0 Å². The highest BCUT2D eigenvalue weighted by molar-refractivity contribution is 5.94. The minimum absolute atomic E-state index is 0.0581. The van der Waals surface area contributed by atoms with Crippen LogP contribution in [0.25, 0.3) is 0 Å². The van der Waals surface area contributed by atoms with Gasteiger partial charge in [0.05, 0.1) is 59.3 Å².